The minimum Gasteiger partial charge on any atom is -0.545 e. The van der Waals surface area contributed by atoms with Gasteiger partial charge in [0.25, 0.3) is 0 Å². The van der Waals surface area contributed by atoms with Gasteiger partial charge in [0.05, 0.1) is 12.2 Å². The summed E-state index contributed by atoms with van der Waals surface area (Å²) in [7, 11) is 0. The van der Waals surface area contributed by atoms with E-state index in [-0.39, 0.29) is 5.15 Å². The SMILES string of the molecule is O=C([O-])c1cc(Cl)ncc1F. The van der Waals surface area contributed by atoms with Crippen LogP contribution in [0.15, 0.2) is 12.3 Å². The lowest BCUT2D eigenvalue weighted by Crippen LogP contribution is -2.23. The molecule has 0 aromatic carbocycles. The zero-order valence-corrected chi connectivity index (χ0v) is 5.93. The van der Waals surface area contributed by atoms with E-state index < -0.39 is 17.3 Å². The molecule has 0 saturated heterocycles. The summed E-state index contributed by atoms with van der Waals surface area (Å²) in [5.74, 6) is -2.55. The van der Waals surface area contributed by atoms with E-state index in [2.05, 4.69) is 4.98 Å². The summed E-state index contributed by atoms with van der Waals surface area (Å²) in [6.45, 7) is 0. The Morgan fingerprint density at radius 2 is 2.36 bits per heavy atom. The van der Waals surface area contributed by atoms with Crippen molar-refractivity contribution < 1.29 is 14.3 Å². The highest BCUT2D eigenvalue weighted by molar-refractivity contribution is 6.29. The standard InChI is InChI=1S/C6H3ClFNO2/c7-5-1-3(6(10)11)4(8)2-9-5/h1-2H,(H,10,11)/p-1. The first-order valence-electron chi connectivity index (χ1n) is 2.63. The molecule has 0 bridgehead atoms. The summed E-state index contributed by atoms with van der Waals surface area (Å²) in [5.41, 5.74) is -0.579. The van der Waals surface area contributed by atoms with Crippen molar-refractivity contribution in [3.63, 3.8) is 0 Å². The normalized spacial score (nSPS) is 9.64. The molecule has 0 fully saturated rings. The second-order valence-corrected chi connectivity index (χ2v) is 2.16. The molecule has 0 spiro atoms. The molecular weight excluding hydrogens is 173 g/mol. The Kier molecular flexibility index (Phi) is 2.05. The average Bonchev–Trinajstić information content (AvgIpc) is 1.94. The van der Waals surface area contributed by atoms with Crippen molar-refractivity contribution >= 4 is 17.6 Å². The van der Waals surface area contributed by atoms with E-state index >= 15 is 0 Å². The first-order chi connectivity index (χ1) is 5.11. The molecule has 0 unspecified atom stereocenters. The molecule has 1 heterocycles. The van der Waals surface area contributed by atoms with Crippen molar-refractivity contribution in [3.8, 4) is 0 Å². The van der Waals surface area contributed by atoms with Gasteiger partial charge in [-0.15, -0.1) is 0 Å². The number of nitrogens with zero attached hydrogens (tertiary/aromatic N) is 1. The van der Waals surface area contributed by atoms with Gasteiger partial charge in [-0.2, -0.15) is 0 Å². The Balaban J connectivity index is 3.23. The van der Waals surface area contributed by atoms with Crippen LogP contribution in [0.1, 0.15) is 10.4 Å². The molecule has 0 saturated carbocycles. The Morgan fingerprint density at radius 1 is 1.73 bits per heavy atom. The number of hydrogen-bond acceptors (Lipinski definition) is 3. The number of carboxylic acid groups (broad SMARTS) is 1. The molecule has 1 aromatic rings. The van der Waals surface area contributed by atoms with Gasteiger partial charge in [-0.05, 0) is 6.07 Å². The van der Waals surface area contributed by atoms with Crippen molar-refractivity contribution in [1.82, 2.24) is 4.98 Å². The van der Waals surface area contributed by atoms with Crippen LogP contribution in [0.25, 0.3) is 0 Å². The number of carbonyl (C=O) groups excluding carboxylic acids is 1. The molecule has 3 nitrogen and oxygen atoms in total. The number of carbonyl (C=O) groups is 1. The molecule has 0 radical (unpaired) electrons. The Bertz CT molecular complexity index is 303. The van der Waals surface area contributed by atoms with Gasteiger partial charge in [0.1, 0.15) is 5.15 Å². The van der Waals surface area contributed by atoms with Crippen LogP contribution in [-0.2, 0) is 0 Å². The van der Waals surface area contributed by atoms with Crippen molar-refractivity contribution in [3.05, 3.63) is 28.8 Å². The third-order valence-electron chi connectivity index (χ3n) is 1.04. The van der Waals surface area contributed by atoms with E-state index in [1.54, 1.807) is 0 Å². The largest absolute Gasteiger partial charge is 0.545 e. The lowest BCUT2D eigenvalue weighted by atomic mass is 10.3. The molecular formula is C6H2ClFNO2-. The molecule has 11 heavy (non-hydrogen) atoms. The maximum Gasteiger partial charge on any atom is 0.150 e. The van der Waals surface area contributed by atoms with Crippen LogP contribution in [0.4, 0.5) is 4.39 Å². The fourth-order valence-electron chi connectivity index (χ4n) is 0.570. The van der Waals surface area contributed by atoms with Gasteiger partial charge in [-0.1, -0.05) is 11.6 Å². The molecule has 0 aliphatic carbocycles. The van der Waals surface area contributed by atoms with Crippen LogP contribution in [0.2, 0.25) is 5.15 Å². The van der Waals surface area contributed by atoms with Crippen LogP contribution in [0.3, 0.4) is 0 Å². The van der Waals surface area contributed by atoms with Gasteiger partial charge >= 0.3 is 0 Å². The Labute approximate surface area is 66.4 Å². The number of aromatic carboxylic acids is 1. The molecule has 0 amide bonds. The minimum atomic E-state index is -1.60. The first kappa shape index (κ1) is 7.94. The fraction of sp³-hybridized carbons (Fsp3) is 0. The summed E-state index contributed by atoms with van der Waals surface area (Å²) >= 11 is 5.29. The summed E-state index contributed by atoms with van der Waals surface area (Å²) in [6.07, 6.45) is 0.730. The van der Waals surface area contributed by atoms with E-state index in [0.29, 0.717) is 0 Å². The average molecular weight is 175 g/mol. The van der Waals surface area contributed by atoms with Gasteiger partial charge in [0, 0.05) is 5.56 Å². The quantitative estimate of drug-likeness (QED) is 0.573. The van der Waals surface area contributed by atoms with Crippen LogP contribution in [0, 0.1) is 5.82 Å². The zero-order chi connectivity index (χ0) is 8.43. The van der Waals surface area contributed by atoms with E-state index in [4.69, 9.17) is 11.6 Å². The summed E-state index contributed by atoms with van der Waals surface area (Å²) < 4.78 is 12.5. The predicted molar refractivity (Wildman–Crippen MR) is 33.5 cm³/mol. The van der Waals surface area contributed by atoms with E-state index in [9.17, 15) is 14.3 Å². The number of rotatable bonds is 1. The number of aromatic nitrogens is 1. The Morgan fingerprint density at radius 3 is 2.82 bits per heavy atom. The van der Waals surface area contributed by atoms with Crippen molar-refractivity contribution in [2.75, 3.05) is 0 Å². The molecule has 0 N–H and O–H groups in total. The minimum absolute atomic E-state index is 0.0781. The molecule has 1 rings (SSSR count). The lowest BCUT2D eigenvalue weighted by Gasteiger charge is -2.02. The predicted octanol–water partition coefficient (Wildman–Crippen LogP) is 0.238. The highest BCUT2D eigenvalue weighted by Crippen LogP contribution is 2.10. The lowest BCUT2D eigenvalue weighted by molar-refractivity contribution is -0.255. The summed E-state index contributed by atoms with van der Waals surface area (Å²) in [6, 6.07) is 0.895. The second-order valence-electron chi connectivity index (χ2n) is 1.77. The molecule has 5 heteroatoms. The molecule has 0 atom stereocenters. The van der Waals surface area contributed by atoms with Crippen molar-refractivity contribution in [1.29, 1.82) is 0 Å². The zero-order valence-electron chi connectivity index (χ0n) is 5.17. The van der Waals surface area contributed by atoms with E-state index in [1.165, 1.54) is 0 Å². The third-order valence-corrected chi connectivity index (χ3v) is 1.25. The maximum atomic E-state index is 12.5. The van der Waals surface area contributed by atoms with Gasteiger partial charge in [-0.25, -0.2) is 9.37 Å². The maximum absolute atomic E-state index is 12.5. The number of halogens is 2. The number of pyridine rings is 1. The second kappa shape index (κ2) is 2.84. The molecule has 0 aliphatic rings. The number of carboxylic acids is 1. The Hall–Kier alpha value is -1.16. The van der Waals surface area contributed by atoms with Crippen LogP contribution in [-0.4, -0.2) is 11.0 Å². The highest BCUT2D eigenvalue weighted by atomic mass is 35.5. The smallest absolute Gasteiger partial charge is 0.150 e. The van der Waals surface area contributed by atoms with E-state index in [0.717, 1.165) is 12.3 Å². The molecule has 58 valence electrons. The van der Waals surface area contributed by atoms with Gasteiger partial charge < -0.3 is 9.90 Å². The highest BCUT2D eigenvalue weighted by Gasteiger charge is 2.03. The van der Waals surface area contributed by atoms with E-state index in [1.807, 2.05) is 0 Å². The third kappa shape index (κ3) is 1.65. The summed E-state index contributed by atoms with van der Waals surface area (Å²) in [5, 5.41) is 10.1. The topological polar surface area (TPSA) is 53.0 Å². The van der Waals surface area contributed by atoms with Crippen LogP contribution < -0.4 is 5.11 Å². The summed E-state index contributed by atoms with van der Waals surface area (Å²) in [4.78, 5) is 13.5. The molecule has 0 aliphatic heterocycles. The van der Waals surface area contributed by atoms with Crippen molar-refractivity contribution in [2.24, 2.45) is 0 Å². The number of hydrogen-bond donors (Lipinski definition) is 0. The van der Waals surface area contributed by atoms with Crippen LogP contribution >= 0.6 is 11.6 Å². The molecule has 1 aromatic heterocycles. The van der Waals surface area contributed by atoms with Gasteiger partial charge in [0.2, 0.25) is 0 Å². The first-order valence-corrected chi connectivity index (χ1v) is 3.01. The van der Waals surface area contributed by atoms with Crippen molar-refractivity contribution in [2.45, 2.75) is 0 Å². The fourth-order valence-corrected chi connectivity index (χ4v) is 0.728. The van der Waals surface area contributed by atoms with Gasteiger partial charge in [-0.3, -0.25) is 0 Å². The monoisotopic (exact) mass is 174 g/mol. The van der Waals surface area contributed by atoms with Gasteiger partial charge in [0.15, 0.2) is 5.82 Å². The van der Waals surface area contributed by atoms with Crippen LogP contribution in [0.5, 0.6) is 0 Å².